The van der Waals surface area contributed by atoms with E-state index in [1.165, 1.54) is 24.1 Å². The summed E-state index contributed by atoms with van der Waals surface area (Å²) in [6.45, 7) is 4.41. The van der Waals surface area contributed by atoms with Crippen LogP contribution in [-0.2, 0) is 0 Å². The number of nitrogens with one attached hydrogen (secondary N) is 1. The van der Waals surface area contributed by atoms with Crippen molar-refractivity contribution in [3.8, 4) is 5.69 Å². The average molecular weight is 319 g/mol. The molecule has 0 aliphatic carbocycles. The minimum atomic E-state index is 0.608. The number of hydrogen-bond acceptors (Lipinski definition) is 4. The Bertz CT molecular complexity index is 819. The van der Waals surface area contributed by atoms with Crippen LogP contribution in [0.4, 0.5) is 17.3 Å². The fraction of sp³-hybridized carbons (Fsp3) is 0.263. The number of anilines is 3. The number of aromatic nitrogens is 3. The Kier molecular flexibility index (Phi) is 3.91. The number of nitrogens with zero attached hydrogens (tertiary/aromatic N) is 4. The zero-order valence-corrected chi connectivity index (χ0v) is 13.8. The Morgan fingerprint density at radius 3 is 2.54 bits per heavy atom. The van der Waals surface area contributed by atoms with Gasteiger partial charge in [0.05, 0.1) is 5.69 Å². The van der Waals surface area contributed by atoms with Gasteiger partial charge in [-0.15, -0.1) is 5.10 Å². The zero-order valence-electron chi connectivity index (χ0n) is 13.8. The lowest BCUT2D eigenvalue weighted by Crippen LogP contribution is -2.17. The van der Waals surface area contributed by atoms with Crippen LogP contribution in [0.2, 0.25) is 0 Å². The lowest BCUT2D eigenvalue weighted by molar-refractivity contribution is 0.882. The maximum absolute atomic E-state index is 4.51. The van der Waals surface area contributed by atoms with Crippen LogP contribution >= 0.6 is 0 Å². The summed E-state index contributed by atoms with van der Waals surface area (Å²) in [4.78, 5) is 6.81. The Hall–Kier alpha value is -2.82. The van der Waals surface area contributed by atoms with Gasteiger partial charge in [0.25, 0.3) is 0 Å². The third kappa shape index (κ3) is 3.11. The smallest absolute Gasteiger partial charge is 0.246 e. The topological polar surface area (TPSA) is 46.0 Å². The van der Waals surface area contributed by atoms with Crippen molar-refractivity contribution < 1.29 is 0 Å². The molecular formula is C19H21N5. The van der Waals surface area contributed by atoms with Gasteiger partial charge in [-0.2, -0.15) is 4.98 Å². The standard InChI is InChI=1S/C19H21N5/c1-15-11-16(13-18(12-15)23-9-5-6-10-23)21-19-20-14-24(22-19)17-7-3-2-4-8-17/h2-4,7-8,11-14H,5-6,9-10H2,1H3,(H,21,22). The summed E-state index contributed by atoms with van der Waals surface area (Å²) in [5.74, 6) is 0.608. The van der Waals surface area contributed by atoms with Gasteiger partial charge in [-0.25, -0.2) is 4.68 Å². The quantitative estimate of drug-likeness (QED) is 0.792. The van der Waals surface area contributed by atoms with Gasteiger partial charge in [0, 0.05) is 24.5 Å². The Balaban J connectivity index is 1.56. The maximum Gasteiger partial charge on any atom is 0.246 e. The zero-order chi connectivity index (χ0) is 16.4. The SMILES string of the molecule is Cc1cc(Nc2ncn(-c3ccccc3)n2)cc(N2CCCC2)c1. The van der Waals surface area contributed by atoms with Crippen LogP contribution in [0.5, 0.6) is 0 Å². The van der Waals surface area contributed by atoms with Crippen molar-refractivity contribution >= 4 is 17.3 Å². The normalized spacial score (nSPS) is 14.1. The number of hydrogen-bond donors (Lipinski definition) is 1. The monoisotopic (exact) mass is 319 g/mol. The molecule has 0 radical (unpaired) electrons. The van der Waals surface area contributed by atoms with Gasteiger partial charge in [-0.1, -0.05) is 18.2 Å². The summed E-state index contributed by atoms with van der Waals surface area (Å²) in [5.41, 5.74) is 4.55. The third-order valence-electron chi connectivity index (χ3n) is 4.30. The molecule has 0 unspecified atom stereocenters. The van der Waals surface area contributed by atoms with Crippen molar-refractivity contribution in [3.05, 3.63) is 60.4 Å². The molecule has 1 fully saturated rings. The molecule has 3 aromatic rings. The van der Waals surface area contributed by atoms with Crippen molar-refractivity contribution in [2.45, 2.75) is 19.8 Å². The first kappa shape index (κ1) is 14.8. The molecule has 4 rings (SSSR count). The molecule has 1 saturated heterocycles. The largest absolute Gasteiger partial charge is 0.371 e. The van der Waals surface area contributed by atoms with Crippen molar-refractivity contribution in [2.24, 2.45) is 0 Å². The number of para-hydroxylation sites is 1. The molecule has 2 heterocycles. The van der Waals surface area contributed by atoms with Crippen molar-refractivity contribution in [1.29, 1.82) is 0 Å². The van der Waals surface area contributed by atoms with Gasteiger partial charge in [0.1, 0.15) is 6.33 Å². The van der Waals surface area contributed by atoms with Crippen LogP contribution in [0.3, 0.4) is 0 Å². The lowest BCUT2D eigenvalue weighted by atomic mass is 10.2. The van der Waals surface area contributed by atoms with Gasteiger partial charge in [0.2, 0.25) is 5.95 Å². The fourth-order valence-corrected chi connectivity index (χ4v) is 3.15. The van der Waals surface area contributed by atoms with E-state index in [9.17, 15) is 0 Å². The molecule has 2 aromatic carbocycles. The van der Waals surface area contributed by atoms with Gasteiger partial charge in [-0.3, -0.25) is 0 Å². The highest BCUT2D eigenvalue weighted by Gasteiger charge is 2.13. The molecule has 1 aliphatic heterocycles. The molecule has 1 aliphatic rings. The van der Waals surface area contributed by atoms with Crippen LogP contribution in [0.1, 0.15) is 18.4 Å². The second kappa shape index (κ2) is 6.35. The average Bonchev–Trinajstić information content (AvgIpc) is 3.27. The molecule has 0 bridgehead atoms. The van der Waals surface area contributed by atoms with Crippen LogP contribution in [0.15, 0.2) is 54.9 Å². The molecule has 1 aromatic heterocycles. The van der Waals surface area contributed by atoms with Crippen LogP contribution in [-0.4, -0.2) is 27.9 Å². The summed E-state index contributed by atoms with van der Waals surface area (Å²) in [5, 5.41) is 7.84. The first-order chi connectivity index (χ1) is 11.8. The molecule has 1 N–H and O–H groups in total. The highest BCUT2D eigenvalue weighted by atomic mass is 15.4. The maximum atomic E-state index is 4.51. The summed E-state index contributed by atoms with van der Waals surface area (Å²) in [6, 6.07) is 16.6. The fourth-order valence-electron chi connectivity index (χ4n) is 3.15. The number of benzene rings is 2. The number of aryl methyl sites for hydroxylation is 1. The summed E-state index contributed by atoms with van der Waals surface area (Å²) >= 11 is 0. The molecule has 5 nitrogen and oxygen atoms in total. The van der Waals surface area contributed by atoms with Crippen LogP contribution in [0.25, 0.3) is 5.69 Å². The van der Waals surface area contributed by atoms with E-state index in [0.29, 0.717) is 5.95 Å². The van der Waals surface area contributed by atoms with Crippen LogP contribution in [0, 0.1) is 6.92 Å². The second-order valence-electron chi connectivity index (χ2n) is 6.22. The first-order valence-electron chi connectivity index (χ1n) is 8.39. The number of rotatable bonds is 4. The molecule has 5 heteroatoms. The van der Waals surface area contributed by atoms with Gasteiger partial charge in [0.15, 0.2) is 0 Å². The van der Waals surface area contributed by atoms with Crippen molar-refractivity contribution in [3.63, 3.8) is 0 Å². The Morgan fingerprint density at radius 2 is 1.75 bits per heavy atom. The Labute approximate surface area is 142 Å². The van der Waals surface area contributed by atoms with E-state index in [2.05, 4.69) is 45.4 Å². The molecule has 0 saturated carbocycles. The molecule has 24 heavy (non-hydrogen) atoms. The van der Waals surface area contributed by atoms with Crippen molar-refractivity contribution in [1.82, 2.24) is 14.8 Å². The molecular weight excluding hydrogens is 298 g/mol. The third-order valence-corrected chi connectivity index (χ3v) is 4.30. The molecule has 0 amide bonds. The minimum absolute atomic E-state index is 0.608. The second-order valence-corrected chi connectivity index (χ2v) is 6.22. The van der Waals surface area contributed by atoms with E-state index in [1.54, 1.807) is 11.0 Å². The summed E-state index contributed by atoms with van der Waals surface area (Å²) in [6.07, 6.45) is 4.29. The summed E-state index contributed by atoms with van der Waals surface area (Å²) in [7, 11) is 0. The summed E-state index contributed by atoms with van der Waals surface area (Å²) < 4.78 is 1.78. The van der Waals surface area contributed by atoms with E-state index >= 15 is 0 Å². The molecule has 0 atom stereocenters. The van der Waals surface area contributed by atoms with Gasteiger partial charge < -0.3 is 10.2 Å². The first-order valence-corrected chi connectivity index (χ1v) is 8.39. The van der Waals surface area contributed by atoms with E-state index in [-0.39, 0.29) is 0 Å². The van der Waals surface area contributed by atoms with Gasteiger partial charge in [-0.05, 0) is 55.7 Å². The molecule has 0 spiro atoms. The van der Waals surface area contributed by atoms with E-state index in [1.807, 2.05) is 30.3 Å². The van der Waals surface area contributed by atoms with Gasteiger partial charge >= 0.3 is 0 Å². The van der Waals surface area contributed by atoms with E-state index in [0.717, 1.165) is 24.5 Å². The van der Waals surface area contributed by atoms with Crippen molar-refractivity contribution in [2.75, 3.05) is 23.3 Å². The minimum Gasteiger partial charge on any atom is -0.371 e. The predicted molar refractivity (Wildman–Crippen MR) is 97.3 cm³/mol. The highest BCUT2D eigenvalue weighted by molar-refractivity contribution is 5.64. The highest BCUT2D eigenvalue weighted by Crippen LogP contribution is 2.26. The predicted octanol–water partition coefficient (Wildman–Crippen LogP) is 3.92. The van der Waals surface area contributed by atoms with Crippen LogP contribution < -0.4 is 10.2 Å². The van der Waals surface area contributed by atoms with E-state index < -0.39 is 0 Å². The van der Waals surface area contributed by atoms with E-state index in [4.69, 9.17) is 0 Å². The molecule has 122 valence electrons. The Morgan fingerprint density at radius 1 is 0.958 bits per heavy atom. The lowest BCUT2D eigenvalue weighted by Gasteiger charge is -2.19.